The van der Waals surface area contributed by atoms with Crippen LogP contribution in [0.25, 0.3) is 10.4 Å². The van der Waals surface area contributed by atoms with Crippen LogP contribution in [0, 0.1) is 0 Å². The second-order valence-electron chi connectivity index (χ2n) is 5.28. The first-order valence-corrected chi connectivity index (χ1v) is 8.54. The number of thiophene rings is 2. The van der Waals surface area contributed by atoms with E-state index in [1.54, 1.807) is 22.7 Å². The largest absolute Gasteiger partial charge is 0.394 e. The van der Waals surface area contributed by atoms with Crippen LogP contribution >= 0.6 is 22.7 Å². The highest BCUT2D eigenvalue weighted by Gasteiger charge is 2.32. The molecule has 2 aromatic rings. The predicted octanol–water partition coefficient (Wildman–Crippen LogP) is 3.87. The van der Waals surface area contributed by atoms with Crippen molar-refractivity contribution < 1.29 is 5.11 Å². The summed E-state index contributed by atoms with van der Waals surface area (Å²) in [5.74, 6) is 0. The summed E-state index contributed by atoms with van der Waals surface area (Å²) in [6.07, 6.45) is 4.68. The molecule has 0 radical (unpaired) electrons. The Morgan fingerprint density at radius 2 is 2.11 bits per heavy atom. The molecule has 1 aliphatic carbocycles. The zero-order chi connectivity index (χ0) is 13.1. The highest BCUT2D eigenvalue weighted by Crippen LogP contribution is 2.32. The summed E-state index contributed by atoms with van der Waals surface area (Å²) in [7, 11) is 0. The lowest BCUT2D eigenvalue weighted by atomic mass is 9.99. The first-order chi connectivity index (χ1) is 9.31. The second kappa shape index (κ2) is 5.75. The van der Waals surface area contributed by atoms with Gasteiger partial charge >= 0.3 is 0 Å². The average molecular weight is 293 g/mol. The molecule has 0 amide bonds. The van der Waals surface area contributed by atoms with Gasteiger partial charge in [0.1, 0.15) is 0 Å². The van der Waals surface area contributed by atoms with Crippen LogP contribution in [0.4, 0.5) is 0 Å². The molecular formula is C15H19NOS2. The highest BCUT2D eigenvalue weighted by molar-refractivity contribution is 7.14. The van der Waals surface area contributed by atoms with Gasteiger partial charge in [-0.2, -0.15) is 0 Å². The van der Waals surface area contributed by atoms with Crippen molar-refractivity contribution in [2.45, 2.75) is 37.8 Å². The van der Waals surface area contributed by atoms with E-state index in [-0.39, 0.29) is 12.1 Å². The van der Waals surface area contributed by atoms with Crippen LogP contribution in [0.5, 0.6) is 0 Å². The van der Waals surface area contributed by atoms with E-state index < -0.39 is 0 Å². The first-order valence-electron chi connectivity index (χ1n) is 6.79. The third-order valence-corrected chi connectivity index (χ3v) is 5.82. The summed E-state index contributed by atoms with van der Waals surface area (Å²) < 4.78 is 0. The summed E-state index contributed by atoms with van der Waals surface area (Å²) in [6.45, 7) is 1.13. The number of rotatable bonds is 5. The van der Waals surface area contributed by atoms with E-state index in [1.165, 1.54) is 28.2 Å². The summed E-state index contributed by atoms with van der Waals surface area (Å²) in [5, 5.41) is 17.5. The van der Waals surface area contributed by atoms with Crippen molar-refractivity contribution in [2.24, 2.45) is 0 Å². The van der Waals surface area contributed by atoms with Crippen LogP contribution in [0.3, 0.4) is 0 Å². The van der Waals surface area contributed by atoms with E-state index in [2.05, 4.69) is 34.3 Å². The lowest BCUT2D eigenvalue weighted by molar-refractivity contribution is 0.163. The molecule has 0 aromatic carbocycles. The Bertz CT molecular complexity index is 512. The van der Waals surface area contributed by atoms with Gasteiger partial charge in [-0.15, -0.1) is 22.7 Å². The van der Waals surface area contributed by atoms with Crippen LogP contribution in [-0.2, 0) is 6.54 Å². The highest BCUT2D eigenvalue weighted by atomic mass is 32.1. The SMILES string of the molecule is OCC1(NCc2cc(-c3cccs3)cs2)CCCC1. The molecule has 1 fully saturated rings. The number of hydrogen-bond donors (Lipinski definition) is 2. The van der Waals surface area contributed by atoms with Gasteiger partial charge in [0.05, 0.1) is 6.61 Å². The van der Waals surface area contributed by atoms with E-state index in [0.717, 1.165) is 19.4 Å². The fourth-order valence-corrected chi connectivity index (χ4v) is 4.38. The number of aliphatic hydroxyl groups excluding tert-OH is 1. The molecule has 2 nitrogen and oxygen atoms in total. The summed E-state index contributed by atoms with van der Waals surface area (Å²) in [6, 6.07) is 6.52. The first kappa shape index (κ1) is 13.3. The van der Waals surface area contributed by atoms with Gasteiger partial charge < -0.3 is 10.4 Å². The lowest BCUT2D eigenvalue weighted by Crippen LogP contribution is -2.45. The standard InChI is InChI=1S/C15H19NOS2/c17-11-15(5-1-2-6-15)16-9-13-8-12(10-19-13)14-4-3-7-18-14/h3-4,7-8,10,16-17H,1-2,5-6,9,11H2. The molecule has 0 saturated heterocycles. The van der Waals surface area contributed by atoms with Gasteiger partial charge in [0.2, 0.25) is 0 Å². The molecule has 3 rings (SSSR count). The van der Waals surface area contributed by atoms with Crippen molar-refractivity contribution >= 4 is 22.7 Å². The number of nitrogens with one attached hydrogen (secondary N) is 1. The maximum absolute atomic E-state index is 9.59. The monoisotopic (exact) mass is 293 g/mol. The third-order valence-electron chi connectivity index (χ3n) is 3.96. The van der Waals surface area contributed by atoms with Gasteiger partial charge in [0, 0.05) is 27.4 Å². The average Bonchev–Trinajstić information content (AvgIpc) is 3.17. The van der Waals surface area contributed by atoms with Crippen molar-refractivity contribution in [3.63, 3.8) is 0 Å². The van der Waals surface area contributed by atoms with Crippen molar-refractivity contribution in [2.75, 3.05) is 6.61 Å². The molecule has 1 saturated carbocycles. The molecule has 2 heterocycles. The van der Waals surface area contributed by atoms with E-state index in [9.17, 15) is 5.11 Å². The van der Waals surface area contributed by atoms with E-state index in [0.29, 0.717) is 0 Å². The van der Waals surface area contributed by atoms with E-state index >= 15 is 0 Å². The van der Waals surface area contributed by atoms with Crippen LogP contribution < -0.4 is 5.32 Å². The summed E-state index contributed by atoms with van der Waals surface area (Å²) >= 11 is 3.59. The summed E-state index contributed by atoms with van der Waals surface area (Å²) in [4.78, 5) is 2.68. The van der Waals surface area contributed by atoms with Gasteiger partial charge in [0.15, 0.2) is 0 Å². The van der Waals surface area contributed by atoms with E-state index in [4.69, 9.17) is 0 Å². The van der Waals surface area contributed by atoms with Crippen molar-refractivity contribution in [1.82, 2.24) is 5.32 Å². The second-order valence-corrected chi connectivity index (χ2v) is 7.22. The molecule has 0 bridgehead atoms. The Morgan fingerprint density at radius 3 is 2.79 bits per heavy atom. The van der Waals surface area contributed by atoms with Crippen LogP contribution in [0.15, 0.2) is 29.0 Å². The zero-order valence-electron chi connectivity index (χ0n) is 10.9. The topological polar surface area (TPSA) is 32.3 Å². The minimum atomic E-state index is -0.0207. The normalized spacial score (nSPS) is 17.9. The molecule has 19 heavy (non-hydrogen) atoms. The molecule has 2 N–H and O–H groups in total. The molecule has 0 atom stereocenters. The van der Waals surface area contributed by atoms with Crippen LogP contribution in [-0.4, -0.2) is 17.3 Å². The molecule has 0 spiro atoms. The van der Waals surface area contributed by atoms with Crippen LogP contribution in [0.2, 0.25) is 0 Å². The Balaban J connectivity index is 1.64. The number of aliphatic hydroxyl groups is 1. The minimum absolute atomic E-state index is 0.0207. The van der Waals surface area contributed by atoms with Crippen molar-refractivity contribution in [1.29, 1.82) is 0 Å². The van der Waals surface area contributed by atoms with Gasteiger partial charge in [-0.05, 0) is 35.7 Å². The summed E-state index contributed by atoms with van der Waals surface area (Å²) in [5.41, 5.74) is 1.30. The smallest absolute Gasteiger partial charge is 0.0613 e. The third kappa shape index (κ3) is 2.92. The van der Waals surface area contributed by atoms with E-state index in [1.807, 2.05) is 0 Å². The van der Waals surface area contributed by atoms with Gasteiger partial charge in [-0.1, -0.05) is 18.9 Å². The molecule has 1 aliphatic rings. The predicted molar refractivity (Wildman–Crippen MR) is 82.8 cm³/mol. The Kier molecular flexibility index (Phi) is 4.03. The molecule has 0 aliphatic heterocycles. The maximum Gasteiger partial charge on any atom is 0.0613 e. The molecule has 4 heteroatoms. The molecule has 0 unspecified atom stereocenters. The molecular weight excluding hydrogens is 274 g/mol. The molecule has 102 valence electrons. The number of hydrogen-bond acceptors (Lipinski definition) is 4. The fourth-order valence-electron chi connectivity index (χ4n) is 2.76. The van der Waals surface area contributed by atoms with Crippen molar-refractivity contribution in [3.8, 4) is 10.4 Å². The zero-order valence-corrected chi connectivity index (χ0v) is 12.5. The van der Waals surface area contributed by atoms with Gasteiger partial charge in [0.25, 0.3) is 0 Å². The van der Waals surface area contributed by atoms with Gasteiger partial charge in [-0.25, -0.2) is 0 Å². The lowest BCUT2D eigenvalue weighted by Gasteiger charge is -2.27. The Morgan fingerprint density at radius 1 is 1.26 bits per heavy atom. The molecule has 2 aromatic heterocycles. The Labute approximate surface area is 122 Å². The minimum Gasteiger partial charge on any atom is -0.394 e. The maximum atomic E-state index is 9.59. The Hall–Kier alpha value is -0.680. The fraction of sp³-hybridized carbons (Fsp3) is 0.467. The van der Waals surface area contributed by atoms with Crippen LogP contribution in [0.1, 0.15) is 30.6 Å². The quantitative estimate of drug-likeness (QED) is 0.877. The van der Waals surface area contributed by atoms with Crippen molar-refractivity contribution in [3.05, 3.63) is 33.8 Å². The van der Waals surface area contributed by atoms with Gasteiger partial charge in [-0.3, -0.25) is 0 Å².